The van der Waals surface area contributed by atoms with Crippen LogP contribution in [0.5, 0.6) is 0 Å². The molecule has 0 heterocycles. The first-order valence-electron chi connectivity index (χ1n) is 12.7. The Morgan fingerprint density at radius 3 is 2.40 bits per heavy atom. The van der Waals surface area contributed by atoms with Crippen LogP contribution in [0.3, 0.4) is 0 Å². The molecule has 0 saturated heterocycles. The maximum absolute atomic E-state index is 13.5. The average molecular weight is 409 g/mol. The maximum atomic E-state index is 13.5. The predicted octanol–water partition coefficient (Wildman–Crippen LogP) is 6.45. The van der Waals surface area contributed by atoms with Crippen molar-refractivity contribution in [3.05, 3.63) is 35.4 Å². The Morgan fingerprint density at radius 2 is 1.67 bits per heavy atom. The van der Waals surface area contributed by atoms with Gasteiger partial charge in [-0.15, -0.1) is 0 Å². The summed E-state index contributed by atoms with van der Waals surface area (Å²) in [6.07, 6.45) is 11.7. The smallest absolute Gasteiger partial charge is 0.166 e. The number of hydrogen-bond acceptors (Lipinski definition) is 2. The van der Waals surface area contributed by atoms with Crippen LogP contribution in [0.25, 0.3) is 0 Å². The monoisotopic (exact) mass is 408 g/mol. The van der Waals surface area contributed by atoms with Gasteiger partial charge in [-0.1, -0.05) is 38.1 Å². The zero-order chi connectivity index (χ0) is 21.1. The highest BCUT2D eigenvalue weighted by Gasteiger charge is 2.58. The molecule has 0 radical (unpaired) electrons. The van der Waals surface area contributed by atoms with Crippen molar-refractivity contribution < 1.29 is 9.90 Å². The van der Waals surface area contributed by atoms with Crippen LogP contribution in [0.15, 0.2) is 24.3 Å². The molecule has 0 aromatic heterocycles. The summed E-state index contributed by atoms with van der Waals surface area (Å²) in [7, 11) is 0. The minimum Gasteiger partial charge on any atom is -0.390 e. The second-order valence-electron chi connectivity index (χ2n) is 11.8. The van der Waals surface area contributed by atoms with Crippen molar-refractivity contribution in [2.45, 2.75) is 90.6 Å². The van der Waals surface area contributed by atoms with E-state index < -0.39 is 5.60 Å². The Balaban J connectivity index is 1.34. The lowest BCUT2D eigenvalue weighted by Crippen LogP contribution is -2.51. The van der Waals surface area contributed by atoms with Gasteiger partial charge in [-0.3, -0.25) is 4.79 Å². The van der Waals surface area contributed by atoms with Gasteiger partial charge in [-0.25, -0.2) is 0 Å². The number of rotatable bonds is 3. The van der Waals surface area contributed by atoms with Crippen molar-refractivity contribution in [1.82, 2.24) is 0 Å². The Labute approximate surface area is 182 Å². The van der Waals surface area contributed by atoms with E-state index in [0.29, 0.717) is 5.78 Å². The number of fused-ring (bicyclic) bond motifs is 5. The van der Waals surface area contributed by atoms with Gasteiger partial charge in [0.05, 0.1) is 5.60 Å². The predicted molar refractivity (Wildman–Crippen MR) is 121 cm³/mol. The molecule has 1 aromatic rings. The number of carbonyl (C=O) groups is 1. The molecule has 2 heteroatoms. The molecular weight excluding hydrogens is 368 g/mol. The van der Waals surface area contributed by atoms with Crippen molar-refractivity contribution in [3.8, 4) is 0 Å². The summed E-state index contributed by atoms with van der Waals surface area (Å²) in [6, 6.07) is 8.42. The molecule has 4 fully saturated rings. The normalized spacial score (nSPS) is 45.3. The fourth-order valence-corrected chi connectivity index (χ4v) is 8.62. The van der Waals surface area contributed by atoms with Crippen molar-refractivity contribution >= 4 is 5.78 Å². The van der Waals surface area contributed by atoms with Crippen molar-refractivity contribution in [2.24, 2.45) is 40.9 Å². The van der Waals surface area contributed by atoms with Crippen LogP contribution in [0.1, 0.15) is 94.5 Å². The third-order valence-corrected chi connectivity index (χ3v) is 10.2. The van der Waals surface area contributed by atoms with Gasteiger partial charge in [0.25, 0.3) is 0 Å². The summed E-state index contributed by atoms with van der Waals surface area (Å²) in [6.45, 7) is 6.68. The maximum Gasteiger partial charge on any atom is 0.166 e. The third kappa shape index (κ3) is 3.29. The number of Topliss-reactive ketones (excluding diaryl/α,β-unsaturated/α-hetero) is 1. The molecule has 1 N–H and O–H groups in total. The van der Waals surface area contributed by atoms with Gasteiger partial charge >= 0.3 is 0 Å². The van der Waals surface area contributed by atoms with Crippen molar-refractivity contribution in [2.75, 3.05) is 0 Å². The SMILES string of the molecule is CCc1ccc(C(=O)[C@H]2CC[C@H]3[C@@H]4CC[C@@H]5C[C@](C)(O)CC[C@@H]5[C@H]4CC[C@]23C)cc1. The summed E-state index contributed by atoms with van der Waals surface area (Å²) >= 11 is 0. The Kier molecular flexibility index (Phi) is 5.16. The lowest BCUT2D eigenvalue weighted by atomic mass is 9.49. The zero-order valence-corrected chi connectivity index (χ0v) is 19.2. The number of aryl methyl sites for hydroxylation is 1. The number of aliphatic hydroxyl groups is 1. The Bertz CT molecular complexity index is 793. The van der Waals surface area contributed by atoms with Gasteiger partial charge in [-0.05, 0) is 112 Å². The van der Waals surface area contributed by atoms with E-state index in [-0.39, 0.29) is 11.3 Å². The van der Waals surface area contributed by atoms with Crippen LogP contribution in [0.2, 0.25) is 0 Å². The highest BCUT2D eigenvalue weighted by Crippen LogP contribution is 2.64. The van der Waals surface area contributed by atoms with Gasteiger partial charge in [-0.2, -0.15) is 0 Å². The number of ketones is 1. The van der Waals surface area contributed by atoms with E-state index in [0.717, 1.165) is 60.8 Å². The van der Waals surface area contributed by atoms with Crippen molar-refractivity contribution in [3.63, 3.8) is 0 Å². The van der Waals surface area contributed by atoms with E-state index in [2.05, 4.69) is 38.1 Å². The molecule has 0 spiro atoms. The van der Waals surface area contributed by atoms with Gasteiger partial charge in [0, 0.05) is 11.5 Å². The van der Waals surface area contributed by atoms with Crippen LogP contribution in [0.4, 0.5) is 0 Å². The van der Waals surface area contributed by atoms with E-state index in [1.54, 1.807) is 0 Å². The second kappa shape index (κ2) is 7.47. The number of hydrogen-bond donors (Lipinski definition) is 1. The number of carbonyl (C=O) groups excluding carboxylic acids is 1. The van der Waals surface area contributed by atoms with Gasteiger partial charge in [0.2, 0.25) is 0 Å². The summed E-state index contributed by atoms with van der Waals surface area (Å²) in [5.74, 6) is 4.55. The molecule has 1 aromatic carbocycles. The number of benzene rings is 1. The minimum atomic E-state index is -0.435. The van der Waals surface area contributed by atoms with Gasteiger partial charge in [0.1, 0.15) is 0 Å². The lowest BCUT2D eigenvalue weighted by molar-refractivity contribution is -0.0976. The van der Waals surface area contributed by atoms with Crippen molar-refractivity contribution in [1.29, 1.82) is 0 Å². The van der Waals surface area contributed by atoms with E-state index in [1.165, 1.54) is 44.1 Å². The highest BCUT2D eigenvalue weighted by atomic mass is 16.3. The molecule has 0 unspecified atom stereocenters. The molecule has 2 nitrogen and oxygen atoms in total. The van der Waals surface area contributed by atoms with Gasteiger partial charge in [0.15, 0.2) is 5.78 Å². The highest BCUT2D eigenvalue weighted by molar-refractivity contribution is 5.98. The fourth-order valence-electron chi connectivity index (χ4n) is 8.62. The topological polar surface area (TPSA) is 37.3 Å². The Morgan fingerprint density at radius 1 is 0.933 bits per heavy atom. The van der Waals surface area contributed by atoms with E-state index in [9.17, 15) is 9.90 Å². The molecule has 164 valence electrons. The molecule has 0 bridgehead atoms. The largest absolute Gasteiger partial charge is 0.390 e. The first-order valence-corrected chi connectivity index (χ1v) is 12.7. The van der Waals surface area contributed by atoms with Crippen LogP contribution in [-0.4, -0.2) is 16.5 Å². The average Bonchev–Trinajstić information content (AvgIpc) is 3.09. The van der Waals surface area contributed by atoms with E-state index in [4.69, 9.17) is 0 Å². The Hall–Kier alpha value is -1.15. The summed E-state index contributed by atoms with van der Waals surface area (Å²) < 4.78 is 0. The molecular formula is C28H40O2. The molecule has 0 aliphatic heterocycles. The third-order valence-electron chi connectivity index (χ3n) is 10.2. The molecule has 4 saturated carbocycles. The van der Waals surface area contributed by atoms with Crippen LogP contribution < -0.4 is 0 Å². The summed E-state index contributed by atoms with van der Waals surface area (Å²) in [5.41, 5.74) is 1.99. The second-order valence-corrected chi connectivity index (χ2v) is 11.8. The molecule has 4 aliphatic rings. The van der Waals surface area contributed by atoms with E-state index in [1.807, 2.05) is 6.92 Å². The molecule has 8 atom stereocenters. The quantitative estimate of drug-likeness (QED) is 0.583. The molecule has 0 amide bonds. The van der Waals surface area contributed by atoms with Gasteiger partial charge < -0.3 is 5.11 Å². The fraction of sp³-hybridized carbons (Fsp3) is 0.750. The molecule has 30 heavy (non-hydrogen) atoms. The standard InChI is InChI=1S/C28H40O2/c1-4-18-5-7-19(8-6-18)26(29)25-12-11-24-23-10-9-20-17-27(2,30)15-13-21(20)22(23)14-16-28(24,25)3/h5-8,20-25,30H,4,9-17H2,1-3H3/t20-,21+,22-,23-,24+,25-,27-,28+/m1/s1. The first kappa shape index (κ1) is 20.7. The lowest BCUT2D eigenvalue weighted by Gasteiger charge is -2.56. The summed E-state index contributed by atoms with van der Waals surface area (Å²) in [5, 5.41) is 10.6. The van der Waals surface area contributed by atoms with Crippen LogP contribution in [0, 0.1) is 40.9 Å². The molecule has 4 aliphatic carbocycles. The van der Waals surface area contributed by atoms with Crippen LogP contribution in [-0.2, 0) is 6.42 Å². The summed E-state index contributed by atoms with van der Waals surface area (Å²) in [4.78, 5) is 13.5. The zero-order valence-electron chi connectivity index (χ0n) is 19.2. The first-order chi connectivity index (χ1) is 14.3. The van der Waals surface area contributed by atoms with Crippen LogP contribution >= 0.6 is 0 Å². The van der Waals surface area contributed by atoms with E-state index >= 15 is 0 Å². The molecule has 5 rings (SSSR count). The minimum absolute atomic E-state index is 0.189.